The molecule has 148 valence electrons. The number of aromatic hydroxyl groups is 1. The normalized spacial score (nSPS) is 17.8. The molecule has 0 radical (unpaired) electrons. The predicted octanol–water partition coefficient (Wildman–Crippen LogP) is 3.60. The summed E-state index contributed by atoms with van der Waals surface area (Å²) in [6.45, 7) is 10.2. The largest absolute Gasteiger partial charge is 0.504 e. The van der Waals surface area contributed by atoms with Gasteiger partial charge in [0.1, 0.15) is 0 Å². The molecule has 1 saturated heterocycles. The van der Waals surface area contributed by atoms with Gasteiger partial charge in [-0.2, -0.15) is 11.8 Å². The minimum atomic E-state index is 0. The topological polar surface area (TPSA) is 57.1 Å². The van der Waals surface area contributed by atoms with E-state index < -0.39 is 0 Å². The molecule has 1 unspecified atom stereocenters. The molecule has 1 aliphatic rings. The standard InChI is InChI=1S/C19H31N3O2S.HI/c1-5-20-19(22-11-12-25-17(13-22)14(2)3)21-10-9-15-7-6-8-16(24-4)18(15)23;/h6-8,14,17,23H,5,9-13H2,1-4H3,(H,20,21);1H. The van der Waals surface area contributed by atoms with Crippen molar-refractivity contribution < 1.29 is 9.84 Å². The van der Waals surface area contributed by atoms with Crippen LogP contribution in [0.3, 0.4) is 0 Å². The van der Waals surface area contributed by atoms with Crippen LogP contribution < -0.4 is 10.1 Å². The molecule has 7 heteroatoms. The highest BCUT2D eigenvalue weighted by molar-refractivity contribution is 14.0. The minimum Gasteiger partial charge on any atom is -0.504 e. The Morgan fingerprint density at radius 2 is 2.23 bits per heavy atom. The van der Waals surface area contributed by atoms with Gasteiger partial charge in [0.05, 0.1) is 7.11 Å². The Bertz CT molecular complexity index is 584. The molecular weight excluding hydrogens is 461 g/mol. The van der Waals surface area contributed by atoms with Gasteiger partial charge in [0.15, 0.2) is 17.5 Å². The van der Waals surface area contributed by atoms with E-state index in [-0.39, 0.29) is 29.7 Å². The molecule has 0 spiro atoms. The number of phenolic OH excluding ortho intramolecular Hbond substituents is 1. The van der Waals surface area contributed by atoms with Gasteiger partial charge in [-0.15, -0.1) is 24.0 Å². The highest BCUT2D eigenvalue weighted by atomic mass is 127. The first kappa shape index (κ1) is 23.2. The van der Waals surface area contributed by atoms with Crippen molar-refractivity contribution in [3.8, 4) is 11.5 Å². The number of phenols is 1. The number of aliphatic imine (C=N–C) groups is 1. The Kier molecular flexibility index (Phi) is 10.5. The van der Waals surface area contributed by atoms with E-state index in [4.69, 9.17) is 9.73 Å². The van der Waals surface area contributed by atoms with Crippen LogP contribution in [-0.2, 0) is 6.42 Å². The van der Waals surface area contributed by atoms with E-state index in [9.17, 15) is 5.11 Å². The Labute approximate surface area is 179 Å². The van der Waals surface area contributed by atoms with Gasteiger partial charge in [-0.3, -0.25) is 4.99 Å². The first-order chi connectivity index (χ1) is 12.1. The van der Waals surface area contributed by atoms with Gasteiger partial charge < -0.3 is 20.1 Å². The number of thioether (sulfide) groups is 1. The monoisotopic (exact) mass is 493 g/mol. The molecule has 1 aliphatic heterocycles. The minimum absolute atomic E-state index is 0. The number of hydrogen-bond donors (Lipinski definition) is 2. The van der Waals surface area contributed by atoms with Crippen LogP contribution in [0.25, 0.3) is 0 Å². The number of rotatable bonds is 6. The lowest BCUT2D eigenvalue weighted by molar-refractivity contribution is 0.370. The van der Waals surface area contributed by atoms with Gasteiger partial charge >= 0.3 is 0 Å². The maximum absolute atomic E-state index is 10.2. The number of para-hydroxylation sites is 1. The second-order valence-electron chi connectivity index (χ2n) is 6.55. The molecule has 1 heterocycles. The van der Waals surface area contributed by atoms with Gasteiger partial charge in [0, 0.05) is 37.2 Å². The number of nitrogens with zero attached hydrogens (tertiary/aromatic N) is 2. The van der Waals surface area contributed by atoms with Crippen LogP contribution in [-0.4, -0.2) is 60.3 Å². The van der Waals surface area contributed by atoms with Crippen LogP contribution in [0.1, 0.15) is 26.3 Å². The summed E-state index contributed by atoms with van der Waals surface area (Å²) in [6, 6.07) is 5.59. The third-order valence-corrected chi connectivity index (χ3v) is 5.96. The molecule has 1 atom stereocenters. The van der Waals surface area contributed by atoms with Crippen LogP contribution in [0.2, 0.25) is 0 Å². The van der Waals surface area contributed by atoms with Crippen molar-refractivity contribution >= 4 is 41.7 Å². The molecule has 26 heavy (non-hydrogen) atoms. The summed E-state index contributed by atoms with van der Waals surface area (Å²) in [5.41, 5.74) is 0.869. The van der Waals surface area contributed by atoms with E-state index >= 15 is 0 Å². The van der Waals surface area contributed by atoms with Crippen LogP contribution in [0.15, 0.2) is 23.2 Å². The van der Waals surface area contributed by atoms with Crippen molar-refractivity contribution in [1.29, 1.82) is 0 Å². The number of hydrogen-bond acceptors (Lipinski definition) is 4. The summed E-state index contributed by atoms with van der Waals surface area (Å²) in [5.74, 6) is 3.53. The van der Waals surface area contributed by atoms with E-state index in [1.54, 1.807) is 13.2 Å². The summed E-state index contributed by atoms with van der Waals surface area (Å²) in [4.78, 5) is 7.16. The zero-order valence-electron chi connectivity index (χ0n) is 16.2. The number of nitrogens with one attached hydrogen (secondary N) is 1. The fraction of sp³-hybridized carbons (Fsp3) is 0.632. The second-order valence-corrected chi connectivity index (χ2v) is 7.90. The average Bonchev–Trinajstić information content (AvgIpc) is 2.62. The quantitative estimate of drug-likeness (QED) is 0.361. The Morgan fingerprint density at radius 3 is 2.88 bits per heavy atom. The summed E-state index contributed by atoms with van der Waals surface area (Å²) in [6.07, 6.45) is 0.689. The van der Waals surface area contributed by atoms with E-state index in [0.29, 0.717) is 29.9 Å². The number of ether oxygens (including phenoxy) is 1. The number of methoxy groups -OCH3 is 1. The second kappa shape index (κ2) is 11.8. The van der Waals surface area contributed by atoms with Crippen molar-refractivity contribution in [2.45, 2.75) is 32.4 Å². The fourth-order valence-electron chi connectivity index (χ4n) is 2.91. The molecule has 0 amide bonds. The third-order valence-electron chi connectivity index (χ3n) is 4.42. The third kappa shape index (κ3) is 6.40. The van der Waals surface area contributed by atoms with Crippen LogP contribution in [0.5, 0.6) is 11.5 Å². The molecule has 0 aliphatic carbocycles. The van der Waals surface area contributed by atoms with E-state index in [2.05, 4.69) is 42.7 Å². The maximum atomic E-state index is 10.2. The Hall–Kier alpha value is -0.830. The zero-order valence-corrected chi connectivity index (χ0v) is 19.3. The zero-order chi connectivity index (χ0) is 18.2. The highest BCUT2D eigenvalue weighted by Crippen LogP contribution is 2.29. The Morgan fingerprint density at radius 1 is 1.46 bits per heavy atom. The van der Waals surface area contributed by atoms with Crippen LogP contribution in [0.4, 0.5) is 0 Å². The maximum Gasteiger partial charge on any atom is 0.193 e. The smallest absolute Gasteiger partial charge is 0.193 e. The predicted molar refractivity (Wildman–Crippen MR) is 122 cm³/mol. The molecule has 0 bridgehead atoms. The summed E-state index contributed by atoms with van der Waals surface area (Å²) in [7, 11) is 1.57. The first-order valence-corrected chi connectivity index (χ1v) is 10.1. The fourth-order valence-corrected chi connectivity index (χ4v) is 4.21. The SMILES string of the molecule is CCNC(=NCCc1cccc(OC)c1O)N1CCSC(C(C)C)C1.I. The first-order valence-electron chi connectivity index (χ1n) is 9.06. The molecular formula is C19H32IN3O2S. The molecule has 2 N–H and O–H groups in total. The van der Waals surface area contributed by atoms with E-state index in [1.165, 1.54) is 0 Å². The lowest BCUT2D eigenvalue weighted by atomic mass is 10.1. The van der Waals surface area contributed by atoms with Crippen molar-refractivity contribution in [3.05, 3.63) is 23.8 Å². The molecule has 1 aromatic carbocycles. The summed E-state index contributed by atoms with van der Waals surface area (Å²) >= 11 is 2.07. The van der Waals surface area contributed by atoms with Gasteiger partial charge in [-0.25, -0.2) is 0 Å². The summed E-state index contributed by atoms with van der Waals surface area (Å²) in [5, 5.41) is 14.3. The van der Waals surface area contributed by atoms with Crippen molar-refractivity contribution in [3.63, 3.8) is 0 Å². The van der Waals surface area contributed by atoms with Crippen LogP contribution in [0, 0.1) is 5.92 Å². The summed E-state index contributed by atoms with van der Waals surface area (Å²) < 4.78 is 5.17. The number of guanidine groups is 1. The number of benzene rings is 1. The van der Waals surface area contributed by atoms with Gasteiger partial charge in [0.2, 0.25) is 0 Å². The van der Waals surface area contributed by atoms with Crippen molar-refractivity contribution in [1.82, 2.24) is 10.2 Å². The molecule has 0 aromatic heterocycles. The molecule has 1 aromatic rings. The van der Waals surface area contributed by atoms with Gasteiger partial charge in [-0.1, -0.05) is 26.0 Å². The lowest BCUT2D eigenvalue weighted by Crippen LogP contribution is -2.49. The molecule has 2 rings (SSSR count). The van der Waals surface area contributed by atoms with Crippen molar-refractivity contribution in [2.24, 2.45) is 10.9 Å². The molecule has 5 nitrogen and oxygen atoms in total. The number of halogens is 1. The highest BCUT2D eigenvalue weighted by Gasteiger charge is 2.24. The van der Waals surface area contributed by atoms with E-state index in [1.807, 2.05) is 12.1 Å². The lowest BCUT2D eigenvalue weighted by Gasteiger charge is -2.36. The average molecular weight is 493 g/mol. The molecule has 1 fully saturated rings. The Balaban J connectivity index is 0.00000338. The van der Waals surface area contributed by atoms with E-state index in [0.717, 1.165) is 36.9 Å². The van der Waals surface area contributed by atoms with Gasteiger partial charge in [0.25, 0.3) is 0 Å². The van der Waals surface area contributed by atoms with Crippen molar-refractivity contribution in [2.75, 3.05) is 39.0 Å². The molecule has 0 saturated carbocycles. The van der Waals surface area contributed by atoms with Crippen LogP contribution >= 0.6 is 35.7 Å². The van der Waals surface area contributed by atoms with Gasteiger partial charge in [-0.05, 0) is 30.9 Å².